The van der Waals surface area contributed by atoms with Gasteiger partial charge in [-0.15, -0.1) is 0 Å². The van der Waals surface area contributed by atoms with Gasteiger partial charge >= 0.3 is 6.09 Å². The van der Waals surface area contributed by atoms with Crippen LogP contribution in [0.15, 0.2) is 18.3 Å². The lowest BCUT2D eigenvalue weighted by Crippen LogP contribution is -2.66. The first kappa shape index (κ1) is 14.3. The number of carbonyl (C=O) groups is 1. The van der Waals surface area contributed by atoms with Gasteiger partial charge in [-0.05, 0) is 45.2 Å². The number of rotatable bonds is 1. The van der Waals surface area contributed by atoms with E-state index < -0.39 is 11.2 Å². The third kappa shape index (κ3) is 2.62. The fraction of sp³-hybridized carbons (Fsp3) is 0.625. The molecule has 0 bridgehead atoms. The number of aliphatic hydroxyl groups is 1. The topological polar surface area (TPSA) is 62.7 Å². The van der Waals surface area contributed by atoms with Gasteiger partial charge in [0.15, 0.2) is 0 Å². The molecule has 1 aliphatic heterocycles. The summed E-state index contributed by atoms with van der Waals surface area (Å²) in [4.78, 5) is 18.0. The number of hydrogen-bond acceptors (Lipinski definition) is 4. The molecule has 5 heteroatoms. The first-order chi connectivity index (χ1) is 9.78. The normalized spacial score (nSPS) is 23.4. The van der Waals surface area contributed by atoms with Crippen molar-refractivity contribution in [3.8, 4) is 0 Å². The Balaban J connectivity index is 1.66. The zero-order valence-electron chi connectivity index (χ0n) is 12.8. The number of hydrogen-bond donors (Lipinski definition) is 1. The van der Waals surface area contributed by atoms with Gasteiger partial charge < -0.3 is 14.7 Å². The Bertz CT molecular complexity index is 559. The molecule has 1 unspecified atom stereocenters. The van der Waals surface area contributed by atoms with Crippen LogP contribution in [-0.2, 0) is 11.2 Å². The molecule has 114 valence electrons. The number of fused-ring (bicyclic) bond motifs is 1. The number of carbonyl (C=O) groups excluding carboxylic acids is 1. The zero-order valence-corrected chi connectivity index (χ0v) is 12.8. The second-order valence-corrected chi connectivity index (χ2v) is 7.08. The molecule has 2 aliphatic rings. The third-order valence-corrected chi connectivity index (χ3v) is 4.19. The standard InChI is InChI=1S/C16H22N2O3/c1-15(2,3)21-14(19)18-9-16(20,10-18)12-7-6-11-5-4-8-17-13(11)12/h4-5,8,12,20H,6-7,9-10H2,1-3H3. The maximum absolute atomic E-state index is 12.0. The Morgan fingerprint density at radius 2 is 2.19 bits per heavy atom. The van der Waals surface area contributed by atoms with E-state index in [1.54, 1.807) is 11.1 Å². The molecule has 21 heavy (non-hydrogen) atoms. The van der Waals surface area contributed by atoms with E-state index in [0.29, 0.717) is 13.1 Å². The summed E-state index contributed by atoms with van der Waals surface area (Å²) in [5.41, 5.74) is 0.832. The number of aryl methyl sites for hydroxylation is 1. The minimum atomic E-state index is -0.865. The highest BCUT2D eigenvalue weighted by atomic mass is 16.6. The van der Waals surface area contributed by atoms with Gasteiger partial charge in [0, 0.05) is 17.8 Å². The van der Waals surface area contributed by atoms with Crippen molar-refractivity contribution in [2.45, 2.75) is 50.7 Å². The largest absolute Gasteiger partial charge is 0.444 e. The molecule has 1 aromatic heterocycles. The van der Waals surface area contributed by atoms with Gasteiger partial charge in [0.1, 0.15) is 11.2 Å². The van der Waals surface area contributed by atoms with Crippen LogP contribution in [0.5, 0.6) is 0 Å². The molecule has 0 radical (unpaired) electrons. The van der Waals surface area contributed by atoms with Crippen LogP contribution in [0.25, 0.3) is 0 Å². The minimum absolute atomic E-state index is 0.0207. The molecule has 1 fully saturated rings. The number of nitrogens with zero attached hydrogens (tertiary/aromatic N) is 2. The van der Waals surface area contributed by atoms with E-state index in [1.165, 1.54) is 5.56 Å². The molecule has 0 saturated carbocycles. The molecule has 1 N–H and O–H groups in total. The van der Waals surface area contributed by atoms with Crippen LogP contribution in [0.1, 0.15) is 44.4 Å². The Morgan fingerprint density at radius 1 is 1.48 bits per heavy atom. The Labute approximate surface area is 124 Å². The molecule has 3 rings (SSSR count). The molecular formula is C16H22N2O3. The Morgan fingerprint density at radius 3 is 2.86 bits per heavy atom. The van der Waals surface area contributed by atoms with Crippen molar-refractivity contribution in [2.75, 3.05) is 13.1 Å². The van der Waals surface area contributed by atoms with E-state index in [4.69, 9.17) is 4.74 Å². The van der Waals surface area contributed by atoms with E-state index in [-0.39, 0.29) is 12.0 Å². The molecule has 0 spiro atoms. The number of ether oxygens (including phenoxy) is 1. The van der Waals surface area contributed by atoms with Crippen molar-refractivity contribution in [1.82, 2.24) is 9.88 Å². The highest BCUT2D eigenvalue weighted by Gasteiger charge is 2.52. The second-order valence-electron chi connectivity index (χ2n) is 7.08. The van der Waals surface area contributed by atoms with Crippen LogP contribution < -0.4 is 0 Å². The SMILES string of the molecule is CC(C)(C)OC(=O)N1CC(O)(C2CCc3cccnc32)C1. The summed E-state index contributed by atoms with van der Waals surface area (Å²) in [6, 6.07) is 4.00. The van der Waals surface area contributed by atoms with Gasteiger partial charge in [-0.25, -0.2) is 4.79 Å². The van der Waals surface area contributed by atoms with Crippen LogP contribution >= 0.6 is 0 Å². The van der Waals surface area contributed by atoms with E-state index in [9.17, 15) is 9.90 Å². The molecule has 5 nitrogen and oxygen atoms in total. The first-order valence-corrected chi connectivity index (χ1v) is 7.43. The fourth-order valence-corrected chi connectivity index (χ4v) is 3.23. The van der Waals surface area contributed by atoms with Gasteiger partial charge in [-0.1, -0.05) is 6.07 Å². The average Bonchev–Trinajstić information content (AvgIpc) is 2.77. The summed E-state index contributed by atoms with van der Waals surface area (Å²) in [7, 11) is 0. The molecule has 1 aromatic rings. The van der Waals surface area contributed by atoms with Crippen molar-refractivity contribution in [3.63, 3.8) is 0 Å². The van der Waals surface area contributed by atoms with Crippen LogP contribution in [0, 0.1) is 0 Å². The maximum Gasteiger partial charge on any atom is 0.410 e. The summed E-state index contributed by atoms with van der Waals surface area (Å²) < 4.78 is 5.33. The average molecular weight is 290 g/mol. The highest BCUT2D eigenvalue weighted by molar-refractivity contribution is 5.70. The molecule has 1 saturated heterocycles. The smallest absolute Gasteiger partial charge is 0.410 e. The van der Waals surface area contributed by atoms with Gasteiger partial charge in [0.05, 0.1) is 13.1 Å². The van der Waals surface area contributed by atoms with E-state index in [1.807, 2.05) is 26.8 Å². The molecular weight excluding hydrogens is 268 g/mol. The maximum atomic E-state index is 12.0. The number of likely N-dealkylation sites (tertiary alicyclic amines) is 1. The van der Waals surface area contributed by atoms with Gasteiger partial charge in [0.2, 0.25) is 0 Å². The van der Waals surface area contributed by atoms with Crippen LogP contribution in [0.4, 0.5) is 4.79 Å². The lowest BCUT2D eigenvalue weighted by atomic mass is 9.79. The Kier molecular flexibility index (Phi) is 3.20. The van der Waals surface area contributed by atoms with Crippen molar-refractivity contribution in [2.24, 2.45) is 0 Å². The van der Waals surface area contributed by atoms with E-state index >= 15 is 0 Å². The summed E-state index contributed by atoms with van der Waals surface area (Å²) in [6.07, 6.45) is 3.25. The Hall–Kier alpha value is -1.62. The van der Waals surface area contributed by atoms with Crippen LogP contribution in [-0.4, -0.2) is 45.4 Å². The van der Waals surface area contributed by atoms with E-state index in [2.05, 4.69) is 11.1 Å². The van der Waals surface area contributed by atoms with Gasteiger partial charge in [-0.2, -0.15) is 0 Å². The predicted octanol–water partition coefficient (Wildman–Crippen LogP) is 2.09. The van der Waals surface area contributed by atoms with Crippen molar-refractivity contribution in [1.29, 1.82) is 0 Å². The lowest BCUT2D eigenvalue weighted by molar-refractivity contribution is -0.114. The minimum Gasteiger partial charge on any atom is -0.444 e. The number of aromatic nitrogens is 1. The second kappa shape index (κ2) is 4.70. The van der Waals surface area contributed by atoms with Crippen LogP contribution in [0.3, 0.4) is 0 Å². The van der Waals surface area contributed by atoms with Crippen molar-refractivity contribution >= 4 is 6.09 Å². The predicted molar refractivity (Wildman–Crippen MR) is 78.1 cm³/mol. The fourth-order valence-electron chi connectivity index (χ4n) is 3.23. The van der Waals surface area contributed by atoms with Crippen molar-refractivity contribution < 1.29 is 14.6 Å². The van der Waals surface area contributed by atoms with Crippen molar-refractivity contribution in [3.05, 3.63) is 29.6 Å². The molecule has 2 heterocycles. The first-order valence-electron chi connectivity index (χ1n) is 7.43. The molecule has 0 aromatic carbocycles. The summed E-state index contributed by atoms with van der Waals surface area (Å²) >= 11 is 0. The zero-order chi connectivity index (χ0) is 15.3. The lowest BCUT2D eigenvalue weighted by Gasteiger charge is -2.49. The highest BCUT2D eigenvalue weighted by Crippen LogP contribution is 2.43. The molecule has 1 aliphatic carbocycles. The monoisotopic (exact) mass is 290 g/mol. The summed E-state index contributed by atoms with van der Waals surface area (Å²) in [5.74, 6) is 0.0207. The van der Waals surface area contributed by atoms with Gasteiger partial charge in [0.25, 0.3) is 0 Å². The molecule has 1 amide bonds. The van der Waals surface area contributed by atoms with Gasteiger partial charge in [-0.3, -0.25) is 4.98 Å². The van der Waals surface area contributed by atoms with Crippen LogP contribution in [0.2, 0.25) is 0 Å². The number of pyridine rings is 1. The molecule has 1 atom stereocenters. The van der Waals surface area contributed by atoms with E-state index in [0.717, 1.165) is 18.5 Å². The third-order valence-electron chi connectivity index (χ3n) is 4.19. The quantitative estimate of drug-likeness (QED) is 0.860. The summed E-state index contributed by atoms with van der Waals surface area (Å²) in [6.45, 7) is 6.17. The summed E-state index contributed by atoms with van der Waals surface area (Å²) in [5, 5.41) is 10.8. The number of amides is 1. The number of β-amino-alcohol motifs (C(OH)–C–C–N with tert-alkyl or cyclic N) is 1.